The van der Waals surface area contributed by atoms with Crippen molar-refractivity contribution in [3.8, 4) is 0 Å². The van der Waals surface area contributed by atoms with E-state index in [-0.39, 0.29) is 41.6 Å². The predicted molar refractivity (Wildman–Crippen MR) is 85.8 cm³/mol. The van der Waals surface area contributed by atoms with E-state index in [9.17, 15) is 18.0 Å². The van der Waals surface area contributed by atoms with Gasteiger partial charge in [-0.3, -0.25) is 0 Å². The summed E-state index contributed by atoms with van der Waals surface area (Å²) in [7, 11) is -3.78. The van der Waals surface area contributed by atoms with E-state index in [2.05, 4.69) is 0 Å². The number of rotatable bonds is 4. The zero-order valence-corrected chi connectivity index (χ0v) is 14.7. The molecule has 10 heteroatoms. The molecule has 0 bridgehead atoms. The summed E-state index contributed by atoms with van der Waals surface area (Å²) in [5.41, 5.74) is -0.115. The molecule has 0 aromatic heterocycles. The van der Waals surface area contributed by atoms with Gasteiger partial charge in [0.15, 0.2) is 0 Å². The van der Waals surface area contributed by atoms with Crippen molar-refractivity contribution in [1.82, 2.24) is 4.31 Å². The molecule has 0 unspecified atom stereocenters. The molecule has 8 nitrogen and oxygen atoms in total. The molecular formula is C15H16ClNO7S. The lowest BCUT2D eigenvalue weighted by Crippen LogP contribution is -2.40. The first-order valence-corrected chi connectivity index (χ1v) is 9.46. The Morgan fingerprint density at radius 1 is 1.24 bits per heavy atom. The van der Waals surface area contributed by atoms with Gasteiger partial charge < -0.3 is 14.2 Å². The number of cyclic esters (lactones) is 1. The fourth-order valence-electron chi connectivity index (χ4n) is 2.53. The molecule has 2 fully saturated rings. The van der Waals surface area contributed by atoms with Gasteiger partial charge >= 0.3 is 11.9 Å². The normalized spacial score (nSPS) is 21.8. The van der Waals surface area contributed by atoms with Gasteiger partial charge in [0.1, 0.15) is 0 Å². The Balaban J connectivity index is 1.84. The monoisotopic (exact) mass is 389 g/mol. The maximum absolute atomic E-state index is 12.7. The summed E-state index contributed by atoms with van der Waals surface area (Å²) in [6.07, 6.45) is -0.739. The van der Waals surface area contributed by atoms with Crippen LogP contribution in [0.25, 0.3) is 0 Å². The van der Waals surface area contributed by atoms with Crippen LogP contribution in [0.15, 0.2) is 23.1 Å². The van der Waals surface area contributed by atoms with Crippen LogP contribution in [-0.2, 0) is 29.0 Å². The van der Waals surface area contributed by atoms with Crippen molar-refractivity contribution in [2.75, 3.05) is 32.9 Å². The van der Waals surface area contributed by atoms with E-state index in [4.69, 9.17) is 25.8 Å². The number of esters is 2. The van der Waals surface area contributed by atoms with Crippen LogP contribution in [0.2, 0.25) is 5.02 Å². The second-order valence-corrected chi connectivity index (χ2v) is 7.85. The Morgan fingerprint density at radius 3 is 2.60 bits per heavy atom. The first-order valence-electron chi connectivity index (χ1n) is 7.64. The van der Waals surface area contributed by atoms with Crippen molar-refractivity contribution < 1.29 is 32.2 Å². The van der Waals surface area contributed by atoms with Crippen molar-refractivity contribution in [3.05, 3.63) is 28.8 Å². The largest absolute Gasteiger partial charge is 0.463 e. The van der Waals surface area contributed by atoms with Crippen LogP contribution in [0.4, 0.5) is 0 Å². The summed E-state index contributed by atoms with van der Waals surface area (Å²) in [5.74, 6) is -1.49. The maximum atomic E-state index is 12.7. The summed E-state index contributed by atoms with van der Waals surface area (Å²) in [6.45, 7) is 1.27. The van der Waals surface area contributed by atoms with Gasteiger partial charge in [0, 0.05) is 19.5 Å². The predicted octanol–water partition coefficient (Wildman–Crippen LogP) is 0.833. The van der Waals surface area contributed by atoms with Crippen molar-refractivity contribution in [2.24, 2.45) is 0 Å². The number of nitrogens with zero attached hydrogens (tertiary/aromatic N) is 1. The molecule has 0 amide bonds. The van der Waals surface area contributed by atoms with Crippen LogP contribution in [0.3, 0.4) is 0 Å². The SMILES string of the molecule is O=C(O[C@H]1CCOC1=O)c1cc(S(=O)(=O)N2CCOCC2)ccc1Cl. The zero-order valence-electron chi connectivity index (χ0n) is 13.1. The summed E-state index contributed by atoms with van der Waals surface area (Å²) < 4.78 is 41.6. The average Bonchev–Trinajstić information content (AvgIpc) is 3.00. The van der Waals surface area contributed by atoms with E-state index in [1.807, 2.05) is 0 Å². The fraction of sp³-hybridized carbons (Fsp3) is 0.467. The minimum absolute atomic E-state index is 0.0392. The highest BCUT2D eigenvalue weighted by atomic mass is 35.5. The van der Waals surface area contributed by atoms with Gasteiger partial charge in [-0.1, -0.05) is 11.6 Å². The van der Waals surface area contributed by atoms with E-state index in [0.717, 1.165) is 6.07 Å². The molecule has 0 radical (unpaired) electrons. The van der Waals surface area contributed by atoms with Crippen LogP contribution in [0, 0.1) is 0 Å². The fourth-order valence-corrected chi connectivity index (χ4v) is 4.16. The molecule has 25 heavy (non-hydrogen) atoms. The molecule has 0 aliphatic carbocycles. The molecule has 1 atom stereocenters. The molecule has 0 spiro atoms. The Hall–Kier alpha value is -1.68. The smallest absolute Gasteiger partial charge is 0.347 e. The Kier molecular flexibility index (Phi) is 5.28. The third-order valence-electron chi connectivity index (χ3n) is 3.90. The van der Waals surface area contributed by atoms with E-state index < -0.39 is 28.1 Å². The van der Waals surface area contributed by atoms with Gasteiger partial charge in [-0.15, -0.1) is 0 Å². The van der Waals surface area contributed by atoms with Gasteiger partial charge in [-0.2, -0.15) is 4.31 Å². The third-order valence-corrected chi connectivity index (χ3v) is 6.13. The van der Waals surface area contributed by atoms with Gasteiger partial charge in [-0.25, -0.2) is 18.0 Å². The number of sulfonamides is 1. The second kappa shape index (κ2) is 7.28. The molecular weight excluding hydrogens is 374 g/mol. The van der Waals surface area contributed by atoms with Gasteiger partial charge in [0.2, 0.25) is 16.1 Å². The summed E-state index contributed by atoms with van der Waals surface area (Å²) in [5, 5.41) is 0.0392. The van der Waals surface area contributed by atoms with Gasteiger partial charge in [0.25, 0.3) is 0 Å². The Labute approximate surface area is 149 Å². The van der Waals surface area contributed by atoms with E-state index in [0.29, 0.717) is 13.2 Å². The van der Waals surface area contributed by atoms with Crippen LogP contribution in [0.1, 0.15) is 16.8 Å². The van der Waals surface area contributed by atoms with E-state index in [1.54, 1.807) is 0 Å². The lowest BCUT2D eigenvalue weighted by molar-refractivity contribution is -0.145. The third kappa shape index (κ3) is 3.79. The van der Waals surface area contributed by atoms with Crippen LogP contribution >= 0.6 is 11.6 Å². The summed E-state index contributed by atoms with van der Waals surface area (Å²) in [4.78, 5) is 23.6. The number of hydrogen-bond donors (Lipinski definition) is 0. The first kappa shape index (κ1) is 18.1. The highest BCUT2D eigenvalue weighted by molar-refractivity contribution is 7.89. The number of carbonyl (C=O) groups excluding carboxylic acids is 2. The molecule has 2 heterocycles. The molecule has 136 valence electrons. The van der Waals surface area contributed by atoms with Crippen LogP contribution < -0.4 is 0 Å². The maximum Gasteiger partial charge on any atom is 0.347 e. The van der Waals surface area contributed by atoms with E-state index in [1.165, 1.54) is 16.4 Å². The molecule has 1 aromatic rings. The minimum atomic E-state index is -3.78. The lowest BCUT2D eigenvalue weighted by atomic mass is 10.2. The average molecular weight is 390 g/mol. The number of ether oxygens (including phenoxy) is 3. The number of carbonyl (C=O) groups is 2. The van der Waals surface area contributed by atoms with Gasteiger partial charge in [0.05, 0.1) is 35.3 Å². The topological polar surface area (TPSA) is 99.2 Å². The quantitative estimate of drug-likeness (QED) is 0.703. The Bertz CT molecular complexity index is 789. The molecule has 2 aliphatic heterocycles. The highest BCUT2D eigenvalue weighted by Crippen LogP contribution is 2.25. The number of benzene rings is 1. The Morgan fingerprint density at radius 2 is 1.96 bits per heavy atom. The van der Waals surface area contributed by atoms with Crippen molar-refractivity contribution >= 4 is 33.6 Å². The molecule has 2 aliphatic rings. The number of halogens is 1. The first-order chi connectivity index (χ1) is 11.9. The molecule has 0 N–H and O–H groups in total. The van der Waals surface area contributed by atoms with Crippen LogP contribution in [0.5, 0.6) is 0 Å². The standard InChI is InChI=1S/C15H16ClNO7S/c16-12-2-1-10(25(20,21)17-4-7-22-8-5-17)9-11(12)14(18)24-13-3-6-23-15(13)19/h1-2,9,13H,3-8H2/t13-/m0/s1. The van der Waals surface area contributed by atoms with Gasteiger partial charge in [-0.05, 0) is 18.2 Å². The van der Waals surface area contributed by atoms with E-state index >= 15 is 0 Å². The molecule has 2 saturated heterocycles. The van der Waals surface area contributed by atoms with Crippen molar-refractivity contribution in [3.63, 3.8) is 0 Å². The minimum Gasteiger partial charge on any atom is -0.463 e. The van der Waals surface area contributed by atoms with Crippen LogP contribution in [-0.4, -0.2) is 63.7 Å². The molecule has 0 saturated carbocycles. The summed E-state index contributed by atoms with van der Waals surface area (Å²) in [6, 6.07) is 3.81. The molecule has 3 rings (SSSR count). The second-order valence-electron chi connectivity index (χ2n) is 5.51. The van der Waals surface area contributed by atoms with Crippen molar-refractivity contribution in [2.45, 2.75) is 17.4 Å². The number of morpholine rings is 1. The summed E-state index contributed by atoms with van der Waals surface area (Å²) >= 11 is 6.00. The van der Waals surface area contributed by atoms with Crippen molar-refractivity contribution in [1.29, 1.82) is 0 Å². The number of hydrogen-bond acceptors (Lipinski definition) is 7. The molecule has 1 aromatic carbocycles. The lowest BCUT2D eigenvalue weighted by Gasteiger charge is -2.26. The highest BCUT2D eigenvalue weighted by Gasteiger charge is 2.32. The zero-order chi connectivity index (χ0) is 18.0.